The molecule has 0 saturated carbocycles. The summed E-state index contributed by atoms with van der Waals surface area (Å²) >= 11 is 0. The fourth-order valence-corrected chi connectivity index (χ4v) is 8.98. The third-order valence-corrected chi connectivity index (χ3v) is 13.5. The van der Waals surface area contributed by atoms with Crippen LogP contribution in [0.2, 0.25) is 0 Å². The fourth-order valence-electron chi connectivity index (χ4n) is 8.20. The van der Waals surface area contributed by atoms with Crippen molar-refractivity contribution >= 4 is 25.7 Å². The van der Waals surface area contributed by atoms with E-state index in [0.29, 0.717) is 19.3 Å². The highest BCUT2D eigenvalue weighted by atomic mass is 31.2. The molecule has 0 amide bonds. The van der Waals surface area contributed by atoms with Gasteiger partial charge in [-0.3, -0.25) is 23.4 Å². The van der Waals surface area contributed by atoms with E-state index in [1.54, 1.807) is 0 Å². The second-order valence-corrected chi connectivity index (χ2v) is 20.9. The molecule has 0 aromatic rings. The van der Waals surface area contributed by atoms with E-state index >= 15 is 0 Å². The first-order chi connectivity index (χ1) is 34.2. The minimum atomic E-state index is -4.74. The Hall–Kier alpha value is -2.30. The summed E-state index contributed by atoms with van der Waals surface area (Å²) in [7, 11) is -4.74. The number of rotatable bonds is 54. The van der Waals surface area contributed by atoms with Crippen LogP contribution in [0.5, 0.6) is 0 Å². The molecule has 2 N–H and O–H groups in total. The highest BCUT2D eigenvalue weighted by Crippen LogP contribution is 2.43. The van der Waals surface area contributed by atoms with E-state index in [9.17, 15) is 28.9 Å². The lowest BCUT2D eigenvalue weighted by Crippen LogP contribution is -2.30. The maximum atomic E-state index is 12.9. The molecule has 12 heteroatoms. The molecule has 0 aromatic heterocycles. The molecule has 0 bridgehead atoms. The standard InChI is InChI=1S/C58H107O11P/c1-4-7-10-13-16-19-22-25-26-27-28-31-34-37-40-43-46-49-58(62)69-55(51-65-56(60)47-44-41-38-35-32-29-23-20-17-14-11-8-5-2)53-67-70(63,64)66-52-54(50-59)68-57(61)48-45-42-39-36-33-30-24-21-18-15-12-9-6-3/h7,10,16,19,25-26,54-55,59H,4-6,8-9,11-15,17-18,20-24,27-53H2,1-3H3,(H,63,64)/b10-7-,19-16-,26-25-. The zero-order valence-corrected chi connectivity index (χ0v) is 46.1. The van der Waals surface area contributed by atoms with Crippen LogP contribution < -0.4 is 0 Å². The molecule has 3 unspecified atom stereocenters. The average Bonchev–Trinajstić information content (AvgIpc) is 3.35. The summed E-state index contributed by atoms with van der Waals surface area (Å²) in [6.45, 7) is 4.56. The van der Waals surface area contributed by atoms with E-state index < -0.39 is 57.8 Å². The molecule has 0 fully saturated rings. The van der Waals surface area contributed by atoms with Crippen LogP contribution in [0, 0.1) is 0 Å². The van der Waals surface area contributed by atoms with Gasteiger partial charge in [0.25, 0.3) is 0 Å². The largest absolute Gasteiger partial charge is 0.472 e. The van der Waals surface area contributed by atoms with Gasteiger partial charge in [-0.05, 0) is 51.4 Å². The zero-order chi connectivity index (χ0) is 51.3. The molecule has 410 valence electrons. The van der Waals surface area contributed by atoms with Gasteiger partial charge >= 0.3 is 25.7 Å². The number of esters is 3. The van der Waals surface area contributed by atoms with Gasteiger partial charge in [0.05, 0.1) is 19.8 Å². The number of carbonyl (C=O) groups is 3. The molecule has 0 saturated heterocycles. The van der Waals surface area contributed by atoms with Gasteiger partial charge in [-0.15, -0.1) is 0 Å². The lowest BCUT2D eigenvalue weighted by molar-refractivity contribution is -0.161. The molecule has 0 aliphatic carbocycles. The molecule has 0 heterocycles. The van der Waals surface area contributed by atoms with Crippen LogP contribution in [0.4, 0.5) is 0 Å². The molecular formula is C58H107O11P. The summed E-state index contributed by atoms with van der Waals surface area (Å²) in [5, 5.41) is 9.80. The zero-order valence-electron chi connectivity index (χ0n) is 45.2. The van der Waals surface area contributed by atoms with Gasteiger partial charge in [0.15, 0.2) is 6.10 Å². The van der Waals surface area contributed by atoms with Crippen LogP contribution in [-0.2, 0) is 42.2 Å². The summed E-state index contributed by atoms with van der Waals surface area (Å²) in [6, 6.07) is 0. The van der Waals surface area contributed by atoms with Crippen molar-refractivity contribution in [1.29, 1.82) is 0 Å². The average molecular weight is 1010 g/mol. The Morgan fingerprint density at radius 3 is 1.14 bits per heavy atom. The second-order valence-electron chi connectivity index (χ2n) is 19.4. The smallest absolute Gasteiger partial charge is 0.462 e. The van der Waals surface area contributed by atoms with Gasteiger partial charge in [0.1, 0.15) is 12.7 Å². The predicted molar refractivity (Wildman–Crippen MR) is 289 cm³/mol. The topological polar surface area (TPSA) is 155 Å². The van der Waals surface area contributed by atoms with Gasteiger partial charge in [-0.1, -0.05) is 243 Å². The van der Waals surface area contributed by atoms with Gasteiger partial charge in [0, 0.05) is 19.3 Å². The van der Waals surface area contributed by atoms with Crippen LogP contribution in [0.25, 0.3) is 0 Å². The van der Waals surface area contributed by atoms with Crippen molar-refractivity contribution in [3.8, 4) is 0 Å². The minimum absolute atomic E-state index is 0.160. The van der Waals surface area contributed by atoms with Gasteiger partial charge in [0.2, 0.25) is 0 Å². The van der Waals surface area contributed by atoms with Crippen molar-refractivity contribution in [3.05, 3.63) is 36.5 Å². The monoisotopic (exact) mass is 1010 g/mol. The lowest BCUT2D eigenvalue weighted by Gasteiger charge is -2.21. The number of allylic oxidation sites excluding steroid dienone is 6. The van der Waals surface area contributed by atoms with Crippen LogP contribution >= 0.6 is 7.82 Å². The van der Waals surface area contributed by atoms with E-state index in [1.807, 2.05) is 0 Å². The van der Waals surface area contributed by atoms with E-state index in [0.717, 1.165) is 89.9 Å². The molecule has 70 heavy (non-hydrogen) atoms. The summed E-state index contributed by atoms with van der Waals surface area (Å²) in [6.07, 6.45) is 53.8. The Kier molecular flexibility index (Phi) is 51.3. The Balaban J connectivity index is 4.70. The number of hydrogen-bond donors (Lipinski definition) is 2. The van der Waals surface area contributed by atoms with Gasteiger partial charge in [-0.2, -0.15) is 0 Å². The van der Waals surface area contributed by atoms with E-state index in [4.69, 9.17) is 23.3 Å². The number of hydrogen-bond acceptors (Lipinski definition) is 10. The molecule has 3 atom stereocenters. The predicted octanol–water partition coefficient (Wildman–Crippen LogP) is 16.8. The lowest BCUT2D eigenvalue weighted by atomic mass is 10.0. The van der Waals surface area contributed by atoms with Crippen molar-refractivity contribution in [2.45, 2.75) is 290 Å². The number of aliphatic hydroxyl groups excluding tert-OH is 1. The Morgan fingerprint density at radius 1 is 0.414 bits per heavy atom. The highest BCUT2D eigenvalue weighted by Gasteiger charge is 2.28. The van der Waals surface area contributed by atoms with Crippen LogP contribution in [0.15, 0.2) is 36.5 Å². The van der Waals surface area contributed by atoms with Crippen molar-refractivity contribution < 1.29 is 52.2 Å². The first kappa shape index (κ1) is 67.7. The summed E-state index contributed by atoms with van der Waals surface area (Å²) in [5.74, 6) is -1.45. The Bertz CT molecular complexity index is 1320. The first-order valence-corrected chi connectivity index (χ1v) is 30.4. The van der Waals surface area contributed by atoms with Crippen molar-refractivity contribution in [1.82, 2.24) is 0 Å². The molecule has 0 aliphatic heterocycles. The van der Waals surface area contributed by atoms with Gasteiger partial charge in [-0.25, -0.2) is 4.57 Å². The van der Waals surface area contributed by atoms with E-state index in [2.05, 4.69) is 57.2 Å². The van der Waals surface area contributed by atoms with E-state index in [1.165, 1.54) is 128 Å². The molecular weight excluding hydrogens is 904 g/mol. The number of phosphoric acid groups is 1. The second kappa shape index (κ2) is 53.0. The Morgan fingerprint density at radius 2 is 0.743 bits per heavy atom. The van der Waals surface area contributed by atoms with Gasteiger partial charge < -0.3 is 24.2 Å². The van der Waals surface area contributed by atoms with E-state index in [-0.39, 0.29) is 25.9 Å². The number of phosphoric ester groups is 1. The van der Waals surface area contributed by atoms with Crippen molar-refractivity contribution in [2.75, 3.05) is 26.4 Å². The first-order valence-electron chi connectivity index (χ1n) is 28.9. The third kappa shape index (κ3) is 50.6. The number of aliphatic hydroxyl groups is 1. The molecule has 0 rings (SSSR count). The minimum Gasteiger partial charge on any atom is -0.462 e. The number of ether oxygens (including phenoxy) is 3. The molecule has 0 radical (unpaired) electrons. The van der Waals surface area contributed by atoms with Crippen LogP contribution in [0.3, 0.4) is 0 Å². The highest BCUT2D eigenvalue weighted by molar-refractivity contribution is 7.47. The Labute approximate surface area is 429 Å². The SMILES string of the molecule is CC/C=C\C/C=C\C/C=C\CCCCCCCCCC(=O)OC(COC(=O)CCCCCCCCCCCCCCC)COP(=O)(O)OCC(CO)OC(=O)CCCCCCCCCCCCCCC. The maximum absolute atomic E-state index is 12.9. The van der Waals surface area contributed by atoms with Crippen molar-refractivity contribution in [2.24, 2.45) is 0 Å². The summed E-state index contributed by atoms with van der Waals surface area (Å²) in [4.78, 5) is 48.5. The molecule has 11 nitrogen and oxygen atoms in total. The third-order valence-electron chi connectivity index (χ3n) is 12.6. The number of carbonyl (C=O) groups excluding carboxylic acids is 3. The molecule has 0 aromatic carbocycles. The molecule has 0 spiro atoms. The maximum Gasteiger partial charge on any atom is 0.472 e. The van der Waals surface area contributed by atoms with Crippen LogP contribution in [0.1, 0.15) is 278 Å². The number of unbranched alkanes of at least 4 members (excludes halogenated alkanes) is 31. The fraction of sp³-hybridized carbons (Fsp3) is 0.845. The summed E-state index contributed by atoms with van der Waals surface area (Å²) in [5.41, 5.74) is 0. The quantitative estimate of drug-likeness (QED) is 0.0197. The molecule has 0 aliphatic rings. The van der Waals surface area contributed by atoms with Crippen molar-refractivity contribution in [3.63, 3.8) is 0 Å². The van der Waals surface area contributed by atoms with Crippen LogP contribution in [-0.4, -0.2) is 66.5 Å². The summed E-state index contributed by atoms with van der Waals surface area (Å²) < 4.78 is 39.5. The normalized spacial score (nSPS) is 13.6.